The van der Waals surface area contributed by atoms with Crippen LogP contribution in [-0.4, -0.2) is 6.04 Å². The highest BCUT2D eigenvalue weighted by atomic mass is 35.5. The summed E-state index contributed by atoms with van der Waals surface area (Å²) < 4.78 is 0. The summed E-state index contributed by atoms with van der Waals surface area (Å²) >= 11 is 12.2. The SMILES string of the molecule is CC(C)C1CCC(C(Cc2ccc(Cl)cc2Cl)NN)CC1. The average molecular weight is 329 g/mol. The number of hydrazine groups is 1. The fourth-order valence-electron chi connectivity index (χ4n) is 3.50. The van der Waals surface area contributed by atoms with Crippen LogP contribution in [0.3, 0.4) is 0 Å². The molecule has 1 aromatic rings. The van der Waals surface area contributed by atoms with E-state index in [1.165, 1.54) is 25.7 Å². The molecule has 0 spiro atoms. The van der Waals surface area contributed by atoms with Gasteiger partial charge in [-0.05, 0) is 67.6 Å². The van der Waals surface area contributed by atoms with Crippen molar-refractivity contribution in [2.45, 2.75) is 52.0 Å². The van der Waals surface area contributed by atoms with Crippen molar-refractivity contribution < 1.29 is 0 Å². The Hall–Kier alpha value is -0.280. The first-order valence-corrected chi connectivity index (χ1v) is 8.67. The van der Waals surface area contributed by atoms with E-state index in [1.807, 2.05) is 18.2 Å². The molecule has 0 saturated heterocycles. The maximum atomic E-state index is 6.28. The molecule has 0 amide bonds. The third-order valence-corrected chi connectivity index (χ3v) is 5.58. The number of rotatable bonds is 5. The Morgan fingerprint density at radius 2 is 1.76 bits per heavy atom. The summed E-state index contributed by atoms with van der Waals surface area (Å²) in [6.45, 7) is 4.66. The van der Waals surface area contributed by atoms with Crippen LogP contribution in [0.5, 0.6) is 0 Å². The van der Waals surface area contributed by atoms with Gasteiger partial charge in [0.05, 0.1) is 0 Å². The molecule has 0 radical (unpaired) electrons. The van der Waals surface area contributed by atoms with Crippen molar-refractivity contribution in [3.8, 4) is 0 Å². The van der Waals surface area contributed by atoms with E-state index in [0.717, 1.165) is 28.8 Å². The number of hydrogen-bond donors (Lipinski definition) is 2. The van der Waals surface area contributed by atoms with Crippen molar-refractivity contribution in [2.75, 3.05) is 0 Å². The third-order valence-electron chi connectivity index (χ3n) is 5.00. The van der Waals surface area contributed by atoms with Gasteiger partial charge in [0.2, 0.25) is 0 Å². The minimum Gasteiger partial charge on any atom is -0.271 e. The zero-order valence-electron chi connectivity index (χ0n) is 12.9. The van der Waals surface area contributed by atoms with E-state index >= 15 is 0 Å². The molecule has 1 aliphatic carbocycles. The van der Waals surface area contributed by atoms with Gasteiger partial charge in [-0.25, -0.2) is 0 Å². The highest BCUT2D eigenvalue weighted by molar-refractivity contribution is 6.35. The molecule has 3 N–H and O–H groups in total. The highest BCUT2D eigenvalue weighted by Gasteiger charge is 2.28. The fraction of sp³-hybridized carbons (Fsp3) is 0.647. The van der Waals surface area contributed by atoms with Gasteiger partial charge >= 0.3 is 0 Å². The van der Waals surface area contributed by atoms with E-state index in [2.05, 4.69) is 19.3 Å². The molecule has 1 atom stereocenters. The van der Waals surface area contributed by atoms with Crippen LogP contribution in [0.4, 0.5) is 0 Å². The molecule has 1 unspecified atom stereocenters. The number of nitrogens with one attached hydrogen (secondary N) is 1. The molecule has 0 heterocycles. The van der Waals surface area contributed by atoms with Crippen LogP contribution in [0, 0.1) is 17.8 Å². The molecule has 118 valence electrons. The maximum absolute atomic E-state index is 6.28. The molecular formula is C17H26Cl2N2. The van der Waals surface area contributed by atoms with Crippen LogP contribution in [-0.2, 0) is 6.42 Å². The van der Waals surface area contributed by atoms with Crippen LogP contribution in [0.1, 0.15) is 45.1 Å². The summed E-state index contributed by atoms with van der Waals surface area (Å²) in [4.78, 5) is 0. The van der Waals surface area contributed by atoms with Gasteiger partial charge in [-0.1, -0.05) is 43.1 Å². The molecule has 1 aromatic carbocycles. The third kappa shape index (κ3) is 4.59. The zero-order valence-corrected chi connectivity index (χ0v) is 14.4. The molecule has 1 fully saturated rings. The summed E-state index contributed by atoms with van der Waals surface area (Å²) in [5, 5.41) is 1.41. The van der Waals surface area contributed by atoms with Crippen molar-refractivity contribution in [3.63, 3.8) is 0 Å². The second-order valence-corrected chi connectivity index (χ2v) is 7.48. The number of benzene rings is 1. The van der Waals surface area contributed by atoms with E-state index in [1.54, 1.807) is 0 Å². The van der Waals surface area contributed by atoms with Crippen LogP contribution in [0.15, 0.2) is 18.2 Å². The number of hydrogen-bond acceptors (Lipinski definition) is 2. The van der Waals surface area contributed by atoms with Crippen LogP contribution >= 0.6 is 23.2 Å². The zero-order chi connectivity index (χ0) is 15.4. The normalized spacial score (nSPS) is 24.3. The molecule has 2 nitrogen and oxygen atoms in total. The molecule has 4 heteroatoms. The van der Waals surface area contributed by atoms with Gasteiger partial charge in [-0.15, -0.1) is 0 Å². The standard InChI is InChI=1S/C17H26Cl2N2/c1-11(2)12-3-5-13(6-4-12)17(21-20)9-14-7-8-15(18)10-16(14)19/h7-8,10-13,17,21H,3-6,9,20H2,1-2H3. The minimum absolute atomic E-state index is 0.289. The van der Waals surface area contributed by atoms with E-state index < -0.39 is 0 Å². The molecule has 1 saturated carbocycles. The van der Waals surface area contributed by atoms with Crippen molar-refractivity contribution >= 4 is 23.2 Å². The minimum atomic E-state index is 0.289. The van der Waals surface area contributed by atoms with Crippen molar-refractivity contribution in [1.82, 2.24) is 5.43 Å². The average Bonchev–Trinajstić information content (AvgIpc) is 2.47. The quantitative estimate of drug-likeness (QED) is 0.600. The van der Waals surface area contributed by atoms with Gasteiger partial charge in [-0.2, -0.15) is 0 Å². The topological polar surface area (TPSA) is 38.0 Å². The Balaban J connectivity index is 1.97. The van der Waals surface area contributed by atoms with E-state index in [-0.39, 0.29) is 6.04 Å². The maximum Gasteiger partial charge on any atom is 0.0453 e. The highest BCUT2D eigenvalue weighted by Crippen LogP contribution is 2.36. The first-order valence-electron chi connectivity index (χ1n) is 7.91. The van der Waals surface area contributed by atoms with Crippen LogP contribution in [0.25, 0.3) is 0 Å². The molecule has 0 aromatic heterocycles. The van der Waals surface area contributed by atoms with E-state index in [4.69, 9.17) is 29.0 Å². The lowest BCUT2D eigenvalue weighted by Gasteiger charge is -2.35. The van der Waals surface area contributed by atoms with Crippen molar-refractivity contribution in [1.29, 1.82) is 0 Å². The summed E-state index contributed by atoms with van der Waals surface area (Å²) in [5.74, 6) is 8.11. The Morgan fingerprint density at radius 3 is 2.29 bits per heavy atom. The van der Waals surface area contributed by atoms with Crippen molar-refractivity contribution in [3.05, 3.63) is 33.8 Å². The van der Waals surface area contributed by atoms with Crippen molar-refractivity contribution in [2.24, 2.45) is 23.6 Å². The Kier molecular flexibility index (Phi) is 6.36. The number of nitrogens with two attached hydrogens (primary N) is 1. The Bertz CT molecular complexity index is 454. The molecule has 21 heavy (non-hydrogen) atoms. The Labute approximate surface area is 138 Å². The lowest BCUT2D eigenvalue weighted by Crippen LogP contribution is -2.44. The second kappa shape index (κ2) is 7.82. The van der Waals surface area contributed by atoms with E-state index in [0.29, 0.717) is 10.9 Å². The van der Waals surface area contributed by atoms with Gasteiger partial charge in [0.1, 0.15) is 0 Å². The van der Waals surface area contributed by atoms with Gasteiger partial charge < -0.3 is 0 Å². The molecule has 1 aliphatic rings. The summed E-state index contributed by atoms with van der Waals surface area (Å²) in [6, 6.07) is 6.00. The lowest BCUT2D eigenvalue weighted by molar-refractivity contribution is 0.188. The first kappa shape index (κ1) is 17.1. The monoisotopic (exact) mass is 328 g/mol. The smallest absolute Gasteiger partial charge is 0.0453 e. The van der Waals surface area contributed by atoms with Crippen LogP contribution in [0.2, 0.25) is 10.0 Å². The molecule has 0 aliphatic heterocycles. The molecule has 2 rings (SSSR count). The lowest BCUT2D eigenvalue weighted by atomic mass is 9.74. The largest absolute Gasteiger partial charge is 0.271 e. The predicted octanol–water partition coefficient (Wildman–Crippen LogP) is 4.83. The summed E-state index contributed by atoms with van der Waals surface area (Å²) in [6.07, 6.45) is 6.00. The summed E-state index contributed by atoms with van der Waals surface area (Å²) in [5.41, 5.74) is 4.13. The Morgan fingerprint density at radius 1 is 1.14 bits per heavy atom. The second-order valence-electron chi connectivity index (χ2n) is 6.63. The van der Waals surface area contributed by atoms with Gasteiger partial charge in [0.15, 0.2) is 0 Å². The molecule has 0 bridgehead atoms. The van der Waals surface area contributed by atoms with E-state index in [9.17, 15) is 0 Å². The van der Waals surface area contributed by atoms with Gasteiger partial charge in [-0.3, -0.25) is 11.3 Å². The number of halogens is 2. The van der Waals surface area contributed by atoms with Crippen LogP contribution < -0.4 is 11.3 Å². The summed E-state index contributed by atoms with van der Waals surface area (Å²) in [7, 11) is 0. The van der Waals surface area contributed by atoms with Gasteiger partial charge in [0.25, 0.3) is 0 Å². The first-order chi connectivity index (χ1) is 10.0. The van der Waals surface area contributed by atoms with Gasteiger partial charge in [0, 0.05) is 16.1 Å². The predicted molar refractivity (Wildman–Crippen MR) is 91.6 cm³/mol. The molecular weight excluding hydrogens is 303 g/mol. The fourth-order valence-corrected chi connectivity index (χ4v) is 3.99.